The van der Waals surface area contributed by atoms with Gasteiger partial charge in [0.1, 0.15) is 0 Å². The summed E-state index contributed by atoms with van der Waals surface area (Å²) in [6.07, 6.45) is 7.08. The number of piperazine rings is 1. The van der Waals surface area contributed by atoms with Crippen molar-refractivity contribution < 1.29 is 4.79 Å². The average molecular weight is 267 g/mol. The average Bonchev–Trinajstić information content (AvgIpc) is 2.38. The van der Waals surface area contributed by atoms with Gasteiger partial charge in [0.15, 0.2) is 0 Å². The number of nitrogens with zero attached hydrogens (tertiary/aromatic N) is 2. The van der Waals surface area contributed by atoms with Crippen molar-refractivity contribution in [1.29, 1.82) is 0 Å². The Bertz CT molecular complexity index is 273. The van der Waals surface area contributed by atoms with Gasteiger partial charge in [0.2, 0.25) is 5.91 Å². The third-order valence-corrected chi connectivity index (χ3v) is 4.60. The van der Waals surface area contributed by atoms with Gasteiger partial charge in [-0.3, -0.25) is 4.79 Å². The zero-order valence-electron chi connectivity index (χ0n) is 12.4. The summed E-state index contributed by atoms with van der Waals surface area (Å²) in [5.74, 6) is 1.23. The number of hydrogen-bond acceptors (Lipinski definition) is 3. The van der Waals surface area contributed by atoms with Crippen LogP contribution in [0.1, 0.15) is 38.5 Å². The van der Waals surface area contributed by atoms with Crippen LogP contribution in [-0.4, -0.2) is 62.0 Å². The number of hydrogen-bond donors (Lipinski definition) is 1. The van der Waals surface area contributed by atoms with Crippen molar-refractivity contribution in [1.82, 2.24) is 15.1 Å². The minimum Gasteiger partial charge on any atom is -0.346 e. The van der Waals surface area contributed by atoms with E-state index in [1.807, 2.05) is 11.9 Å². The number of nitrogens with one attached hydrogen (secondary N) is 1. The molecule has 0 aromatic carbocycles. The van der Waals surface area contributed by atoms with Crippen LogP contribution in [-0.2, 0) is 4.79 Å². The van der Waals surface area contributed by atoms with Crippen LogP contribution in [0.5, 0.6) is 0 Å². The summed E-state index contributed by atoms with van der Waals surface area (Å²) in [6.45, 7) is 6.48. The van der Waals surface area contributed by atoms with Gasteiger partial charge in [-0.25, -0.2) is 0 Å². The van der Waals surface area contributed by atoms with Crippen molar-refractivity contribution in [3.8, 4) is 0 Å². The van der Waals surface area contributed by atoms with Crippen LogP contribution in [0, 0.1) is 5.92 Å². The van der Waals surface area contributed by atoms with Crippen molar-refractivity contribution in [2.45, 2.75) is 38.5 Å². The Morgan fingerprint density at radius 3 is 2.68 bits per heavy atom. The molecule has 0 aromatic heterocycles. The Labute approximate surface area is 117 Å². The molecule has 0 spiro atoms. The van der Waals surface area contributed by atoms with E-state index in [1.54, 1.807) is 0 Å². The van der Waals surface area contributed by atoms with Gasteiger partial charge in [-0.05, 0) is 25.3 Å². The minimum atomic E-state index is 0.328. The largest absolute Gasteiger partial charge is 0.346 e. The predicted octanol–water partition coefficient (Wildman–Crippen LogP) is 1.32. The van der Waals surface area contributed by atoms with Crippen molar-refractivity contribution in [3.63, 3.8) is 0 Å². The molecule has 1 aliphatic carbocycles. The number of carbonyl (C=O) groups is 1. The molecule has 0 bridgehead atoms. The van der Waals surface area contributed by atoms with Crippen LogP contribution in [0.4, 0.5) is 0 Å². The molecule has 2 aliphatic rings. The molecule has 4 nitrogen and oxygen atoms in total. The summed E-state index contributed by atoms with van der Waals surface area (Å²) in [5.41, 5.74) is 0. The Hall–Kier alpha value is -0.610. The van der Waals surface area contributed by atoms with Crippen molar-refractivity contribution in [2.24, 2.45) is 5.92 Å². The number of rotatable bonds is 7. The molecule has 2 rings (SSSR count). The molecular formula is C15H29N3O. The fourth-order valence-corrected chi connectivity index (χ4v) is 2.86. The monoisotopic (exact) mass is 267 g/mol. The summed E-state index contributed by atoms with van der Waals surface area (Å²) in [5, 5.41) is 3.35. The summed E-state index contributed by atoms with van der Waals surface area (Å²) in [4.78, 5) is 16.4. The first kappa shape index (κ1) is 14.8. The molecule has 1 aliphatic heterocycles. The van der Waals surface area contributed by atoms with Crippen LogP contribution in [0.3, 0.4) is 0 Å². The summed E-state index contributed by atoms with van der Waals surface area (Å²) in [6, 6.07) is 0. The smallest absolute Gasteiger partial charge is 0.222 e. The molecule has 0 aromatic rings. The number of carbonyl (C=O) groups excluding carboxylic acids is 1. The molecule has 19 heavy (non-hydrogen) atoms. The van der Waals surface area contributed by atoms with Gasteiger partial charge < -0.3 is 15.1 Å². The van der Waals surface area contributed by atoms with Gasteiger partial charge in [0, 0.05) is 46.2 Å². The third-order valence-electron chi connectivity index (χ3n) is 4.60. The van der Waals surface area contributed by atoms with Crippen LogP contribution in [0.25, 0.3) is 0 Å². The molecule has 1 saturated heterocycles. The lowest BCUT2D eigenvalue weighted by atomic mass is 9.83. The molecule has 0 atom stereocenters. The molecule has 0 radical (unpaired) electrons. The van der Waals surface area contributed by atoms with Crippen molar-refractivity contribution in [3.05, 3.63) is 0 Å². The topological polar surface area (TPSA) is 35.6 Å². The first-order valence-corrected chi connectivity index (χ1v) is 7.93. The SMILES string of the molecule is CN(CCC1CCC1)C(=O)CCCN1CCNCC1. The van der Waals surface area contributed by atoms with Gasteiger partial charge in [-0.1, -0.05) is 19.3 Å². The van der Waals surface area contributed by atoms with Gasteiger partial charge in [-0.15, -0.1) is 0 Å². The van der Waals surface area contributed by atoms with Crippen LogP contribution in [0.2, 0.25) is 0 Å². The fourth-order valence-electron chi connectivity index (χ4n) is 2.86. The quantitative estimate of drug-likeness (QED) is 0.756. The van der Waals surface area contributed by atoms with Crippen LogP contribution < -0.4 is 5.32 Å². The van der Waals surface area contributed by atoms with Crippen LogP contribution in [0.15, 0.2) is 0 Å². The van der Waals surface area contributed by atoms with Crippen molar-refractivity contribution >= 4 is 5.91 Å². The van der Waals surface area contributed by atoms with E-state index in [-0.39, 0.29) is 0 Å². The maximum Gasteiger partial charge on any atom is 0.222 e. The van der Waals surface area contributed by atoms with Crippen LogP contribution >= 0.6 is 0 Å². The van der Waals surface area contributed by atoms with E-state index >= 15 is 0 Å². The lowest BCUT2D eigenvalue weighted by molar-refractivity contribution is -0.130. The molecule has 1 saturated carbocycles. The van der Waals surface area contributed by atoms with Gasteiger partial charge in [0.25, 0.3) is 0 Å². The lowest BCUT2D eigenvalue weighted by Gasteiger charge is -2.28. The minimum absolute atomic E-state index is 0.328. The fraction of sp³-hybridized carbons (Fsp3) is 0.933. The molecule has 1 N–H and O–H groups in total. The van der Waals surface area contributed by atoms with E-state index in [1.165, 1.54) is 25.7 Å². The second-order valence-corrected chi connectivity index (χ2v) is 6.10. The van der Waals surface area contributed by atoms with E-state index in [0.717, 1.165) is 51.6 Å². The summed E-state index contributed by atoms with van der Waals surface area (Å²) < 4.78 is 0. The Morgan fingerprint density at radius 1 is 1.32 bits per heavy atom. The van der Waals surface area contributed by atoms with E-state index in [0.29, 0.717) is 12.3 Å². The molecule has 1 amide bonds. The Morgan fingerprint density at radius 2 is 2.05 bits per heavy atom. The first-order valence-electron chi connectivity index (χ1n) is 7.93. The Balaban J connectivity index is 1.52. The Kier molecular flexibility index (Phi) is 6.11. The standard InChI is InChI=1S/C15H29N3O/c1-17(11-7-14-4-2-5-14)15(19)6-3-10-18-12-8-16-9-13-18/h14,16H,2-13H2,1H3. The highest BCUT2D eigenvalue weighted by molar-refractivity contribution is 5.75. The lowest BCUT2D eigenvalue weighted by Crippen LogP contribution is -2.44. The molecule has 4 heteroatoms. The molecule has 110 valence electrons. The predicted molar refractivity (Wildman–Crippen MR) is 78.1 cm³/mol. The van der Waals surface area contributed by atoms with E-state index in [4.69, 9.17) is 0 Å². The normalized spacial score (nSPS) is 21.1. The highest BCUT2D eigenvalue weighted by atomic mass is 16.2. The first-order chi connectivity index (χ1) is 9.25. The molecule has 0 unspecified atom stereocenters. The van der Waals surface area contributed by atoms with Crippen molar-refractivity contribution in [2.75, 3.05) is 46.3 Å². The highest BCUT2D eigenvalue weighted by Crippen LogP contribution is 2.29. The zero-order valence-corrected chi connectivity index (χ0v) is 12.4. The van der Waals surface area contributed by atoms with E-state index < -0.39 is 0 Å². The van der Waals surface area contributed by atoms with E-state index in [2.05, 4.69) is 10.2 Å². The second-order valence-electron chi connectivity index (χ2n) is 6.10. The molecule has 2 fully saturated rings. The second kappa shape index (κ2) is 7.85. The maximum atomic E-state index is 12.0. The summed E-state index contributed by atoms with van der Waals surface area (Å²) in [7, 11) is 1.96. The summed E-state index contributed by atoms with van der Waals surface area (Å²) >= 11 is 0. The van der Waals surface area contributed by atoms with Gasteiger partial charge in [0.05, 0.1) is 0 Å². The maximum absolute atomic E-state index is 12.0. The van der Waals surface area contributed by atoms with Gasteiger partial charge in [-0.2, -0.15) is 0 Å². The highest BCUT2D eigenvalue weighted by Gasteiger charge is 2.19. The zero-order chi connectivity index (χ0) is 13.5. The number of amides is 1. The molecular weight excluding hydrogens is 238 g/mol. The van der Waals surface area contributed by atoms with Gasteiger partial charge >= 0.3 is 0 Å². The van der Waals surface area contributed by atoms with E-state index in [9.17, 15) is 4.79 Å². The third kappa shape index (κ3) is 5.11. The molecule has 1 heterocycles.